The van der Waals surface area contributed by atoms with E-state index in [4.69, 9.17) is 9.47 Å². The zero-order valence-electron chi connectivity index (χ0n) is 22.2. The van der Waals surface area contributed by atoms with Gasteiger partial charge in [-0.05, 0) is 61.4 Å². The largest absolute Gasteiger partial charge is 0.487 e. The van der Waals surface area contributed by atoms with E-state index in [1.54, 1.807) is 18.2 Å². The Hall–Kier alpha value is -4.09. The van der Waals surface area contributed by atoms with Gasteiger partial charge in [-0.1, -0.05) is 30.3 Å². The molecular formula is C30H30F3N3O5. The maximum absolute atomic E-state index is 12.8. The first kappa shape index (κ1) is 28.4. The molecule has 4 N–H and O–H groups in total. The molecule has 1 fully saturated rings. The number of aliphatic hydroxyl groups is 1. The standard InChI is InChI=1S/C30H30F3N3O5/c1-17(18-5-3-2-4-6-18)34-27(38)15-22-14-24-23-13-21(11-12-25(23)41-28(24)26(16-37)40-22)36-29(39)35-20-9-7-19(8-10-20)30(31,32)33/h2-13,17,22,24,26,28,37H,14-16H2,1H3,(H,34,38)(H2,35,36,39)/t17-,22+,24-,26-,28+/m0/s1. The number of halogens is 3. The molecule has 5 atom stereocenters. The molecule has 216 valence electrons. The van der Waals surface area contributed by atoms with Gasteiger partial charge in [-0.3, -0.25) is 4.79 Å². The molecule has 0 aromatic heterocycles. The molecule has 2 aliphatic heterocycles. The van der Waals surface area contributed by atoms with Gasteiger partial charge >= 0.3 is 12.2 Å². The lowest BCUT2D eigenvalue weighted by molar-refractivity contribution is -0.142. The van der Waals surface area contributed by atoms with E-state index >= 15 is 0 Å². The number of urea groups is 1. The molecule has 3 aromatic carbocycles. The van der Waals surface area contributed by atoms with Crippen LogP contribution in [0, 0.1) is 0 Å². The summed E-state index contributed by atoms with van der Waals surface area (Å²) in [5, 5.41) is 18.2. The lowest BCUT2D eigenvalue weighted by Crippen LogP contribution is -2.47. The molecule has 3 aromatic rings. The number of amides is 3. The van der Waals surface area contributed by atoms with Gasteiger partial charge in [0.2, 0.25) is 5.91 Å². The number of aliphatic hydroxyl groups excluding tert-OH is 1. The summed E-state index contributed by atoms with van der Waals surface area (Å²) in [6, 6.07) is 18.1. The van der Waals surface area contributed by atoms with Crippen LogP contribution in [-0.4, -0.2) is 42.0 Å². The summed E-state index contributed by atoms with van der Waals surface area (Å²) in [6.07, 6.45) is -5.42. The van der Waals surface area contributed by atoms with Crippen molar-refractivity contribution in [2.75, 3.05) is 17.2 Å². The van der Waals surface area contributed by atoms with Crippen LogP contribution in [0.25, 0.3) is 0 Å². The van der Waals surface area contributed by atoms with E-state index < -0.39 is 36.1 Å². The van der Waals surface area contributed by atoms with Crippen LogP contribution in [0.1, 0.15) is 48.4 Å². The minimum Gasteiger partial charge on any atom is -0.487 e. The molecule has 8 nitrogen and oxygen atoms in total. The Morgan fingerprint density at radius 2 is 1.68 bits per heavy atom. The Morgan fingerprint density at radius 1 is 1.00 bits per heavy atom. The Morgan fingerprint density at radius 3 is 2.37 bits per heavy atom. The minimum absolute atomic E-state index is 0.111. The molecule has 5 rings (SSSR count). The number of nitrogens with one attached hydrogen (secondary N) is 3. The van der Waals surface area contributed by atoms with Gasteiger partial charge in [0.1, 0.15) is 18.0 Å². The Balaban J connectivity index is 1.23. The highest BCUT2D eigenvalue weighted by Crippen LogP contribution is 2.47. The van der Waals surface area contributed by atoms with E-state index in [2.05, 4.69) is 16.0 Å². The fourth-order valence-electron chi connectivity index (χ4n) is 5.34. The summed E-state index contributed by atoms with van der Waals surface area (Å²) in [5.41, 5.74) is 1.65. The summed E-state index contributed by atoms with van der Waals surface area (Å²) >= 11 is 0. The molecule has 11 heteroatoms. The predicted octanol–water partition coefficient (Wildman–Crippen LogP) is 5.61. The van der Waals surface area contributed by atoms with Gasteiger partial charge in [0.15, 0.2) is 0 Å². The van der Waals surface area contributed by atoms with Crippen molar-refractivity contribution in [2.24, 2.45) is 0 Å². The molecule has 1 saturated heterocycles. The molecule has 0 spiro atoms. The third-order valence-electron chi connectivity index (χ3n) is 7.32. The van der Waals surface area contributed by atoms with Crippen LogP contribution in [0.2, 0.25) is 0 Å². The van der Waals surface area contributed by atoms with Gasteiger partial charge in [-0.2, -0.15) is 13.2 Å². The summed E-state index contributed by atoms with van der Waals surface area (Å²) in [5.74, 6) is 0.245. The number of alkyl halides is 3. The summed E-state index contributed by atoms with van der Waals surface area (Å²) in [7, 11) is 0. The number of fused-ring (bicyclic) bond motifs is 3. The third kappa shape index (κ3) is 6.63. The number of ether oxygens (including phenoxy) is 2. The molecular weight excluding hydrogens is 539 g/mol. The van der Waals surface area contributed by atoms with E-state index in [0.29, 0.717) is 17.9 Å². The topological polar surface area (TPSA) is 109 Å². The van der Waals surface area contributed by atoms with E-state index in [9.17, 15) is 27.9 Å². The molecule has 0 aliphatic carbocycles. The second-order valence-electron chi connectivity index (χ2n) is 10.2. The van der Waals surface area contributed by atoms with Crippen molar-refractivity contribution in [1.82, 2.24) is 5.32 Å². The van der Waals surface area contributed by atoms with Crippen LogP contribution < -0.4 is 20.7 Å². The van der Waals surface area contributed by atoms with E-state index in [0.717, 1.165) is 23.3 Å². The van der Waals surface area contributed by atoms with Crippen molar-refractivity contribution in [1.29, 1.82) is 0 Å². The normalized spacial score (nSPS) is 22.1. The van der Waals surface area contributed by atoms with Crippen LogP contribution in [0.5, 0.6) is 5.75 Å². The number of carbonyl (C=O) groups is 2. The molecule has 2 heterocycles. The fraction of sp³-hybridized carbons (Fsp3) is 0.333. The first-order valence-electron chi connectivity index (χ1n) is 13.3. The molecule has 0 unspecified atom stereocenters. The second-order valence-corrected chi connectivity index (χ2v) is 10.2. The van der Waals surface area contributed by atoms with Crippen molar-refractivity contribution in [3.8, 4) is 5.75 Å². The lowest BCUT2D eigenvalue weighted by Gasteiger charge is -2.37. The van der Waals surface area contributed by atoms with Gasteiger partial charge in [0, 0.05) is 22.9 Å². The number of anilines is 2. The SMILES string of the molecule is C[C@H](NC(=O)C[C@H]1C[C@H]2c3cc(NC(=O)Nc4ccc(C(F)(F)F)cc4)ccc3O[C@H]2[C@H](CO)O1)c1ccccc1. The van der Waals surface area contributed by atoms with E-state index in [1.165, 1.54) is 12.1 Å². The van der Waals surface area contributed by atoms with Crippen LogP contribution in [0.3, 0.4) is 0 Å². The molecule has 0 saturated carbocycles. The number of hydrogen-bond acceptors (Lipinski definition) is 5. The Labute approximate surface area is 234 Å². The zero-order chi connectivity index (χ0) is 29.1. The average molecular weight is 570 g/mol. The van der Waals surface area contributed by atoms with Crippen LogP contribution in [-0.2, 0) is 15.7 Å². The van der Waals surface area contributed by atoms with Crippen molar-refractivity contribution in [2.45, 2.75) is 56.2 Å². The maximum atomic E-state index is 12.8. The highest BCUT2D eigenvalue weighted by molar-refractivity contribution is 5.99. The number of hydrogen-bond donors (Lipinski definition) is 4. The predicted molar refractivity (Wildman–Crippen MR) is 146 cm³/mol. The second kappa shape index (κ2) is 11.8. The van der Waals surface area contributed by atoms with Crippen molar-refractivity contribution in [3.05, 3.63) is 89.5 Å². The van der Waals surface area contributed by atoms with E-state index in [-0.39, 0.29) is 36.6 Å². The molecule has 0 radical (unpaired) electrons. The van der Waals surface area contributed by atoms with Crippen molar-refractivity contribution < 1.29 is 37.3 Å². The number of carbonyl (C=O) groups excluding carboxylic acids is 2. The van der Waals surface area contributed by atoms with Gasteiger partial charge < -0.3 is 30.5 Å². The highest BCUT2D eigenvalue weighted by atomic mass is 19.4. The first-order chi connectivity index (χ1) is 19.6. The van der Waals surface area contributed by atoms with Gasteiger partial charge in [-0.25, -0.2) is 4.79 Å². The molecule has 2 aliphatic rings. The van der Waals surface area contributed by atoms with Crippen molar-refractivity contribution in [3.63, 3.8) is 0 Å². The monoisotopic (exact) mass is 569 g/mol. The Bertz CT molecular complexity index is 1380. The van der Waals surface area contributed by atoms with Crippen LogP contribution >= 0.6 is 0 Å². The van der Waals surface area contributed by atoms with Crippen molar-refractivity contribution >= 4 is 23.3 Å². The summed E-state index contributed by atoms with van der Waals surface area (Å²) < 4.78 is 50.5. The quantitative estimate of drug-likeness (QED) is 0.296. The Kier molecular flexibility index (Phi) is 8.18. The molecule has 3 amide bonds. The maximum Gasteiger partial charge on any atom is 0.416 e. The zero-order valence-corrected chi connectivity index (χ0v) is 22.2. The fourth-order valence-corrected chi connectivity index (χ4v) is 5.34. The summed E-state index contributed by atoms with van der Waals surface area (Å²) in [4.78, 5) is 25.4. The number of benzene rings is 3. The van der Waals surface area contributed by atoms with Crippen LogP contribution in [0.15, 0.2) is 72.8 Å². The van der Waals surface area contributed by atoms with Gasteiger partial charge in [0.05, 0.1) is 30.7 Å². The molecule has 41 heavy (non-hydrogen) atoms. The molecule has 0 bridgehead atoms. The average Bonchev–Trinajstić information content (AvgIpc) is 3.30. The smallest absolute Gasteiger partial charge is 0.416 e. The third-order valence-corrected chi connectivity index (χ3v) is 7.32. The highest BCUT2D eigenvalue weighted by Gasteiger charge is 2.46. The van der Waals surface area contributed by atoms with Crippen LogP contribution in [0.4, 0.5) is 29.3 Å². The summed E-state index contributed by atoms with van der Waals surface area (Å²) in [6.45, 7) is 1.62. The minimum atomic E-state index is -4.46. The number of rotatable bonds is 7. The van der Waals surface area contributed by atoms with E-state index in [1.807, 2.05) is 37.3 Å². The first-order valence-corrected chi connectivity index (χ1v) is 13.3. The van der Waals surface area contributed by atoms with Gasteiger partial charge in [-0.15, -0.1) is 0 Å². The lowest BCUT2D eigenvalue weighted by atomic mass is 9.84. The van der Waals surface area contributed by atoms with Gasteiger partial charge in [0.25, 0.3) is 0 Å².